The van der Waals surface area contributed by atoms with E-state index in [0.717, 1.165) is 38.7 Å². The zero-order valence-corrected chi connectivity index (χ0v) is 20.3. The number of hydrogen-bond acceptors (Lipinski definition) is 5. The first kappa shape index (κ1) is 24.3. The van der Waals surface area contributed by atoms with E-state index in [1.54, 1.807) is 0 Å². The average Bonchev–Trinajstić information content (AvgIpc) is 2.77. The van der Waals surface area contributed by atoms with Crippen LogP contribution in [0.5, 0.6) is 0 Å². The molecule has 0 aromatic carbocycles. The minimum absolute atomic E-state index is 0.122. The van der Waals surface area contributed by atoms with Crippen LogP contribution < -0.4 is 10.6 Å². The number of nitrogens with one attached hydrogen (secondary N) is 2. The Morgan fingerprint density at radius 3 is 2.19 bits per heavy atom. The second-order valence-corrected chi connectivity index (χ2v) is 9.96. The smallest absolute Gasteiger partial charge is 0.234 e. The first-order chi connectivity index (χ1) is 14.9. The SMILES string of the molecule is CN=C(NCC1(N2CCCCC2)CCN(C)CC1)N1CCN(CC(=O)NC(C)C)CC1. The standard InChI is InChI=1S/C23H45N7O/c1-20(2)26-21(31)18-28-14-16-29(17-15-28)22(24-3)25-19-23(8-12-27(4)13-9-23)30-10-6-5-7-11-30/h20H,5-19H2,1-4H3,(H,24,25)(H,26,31). The molecule has 3 rings (SSSR count). The summed E-state index contributed by atoms with van der Waals surface area (Å²) in [6.07, 6.45) is 6.50. The molecule has 0 aliphatic carbocycles. The Labute approximate surface area is 189 Å². The van der Waals surface area contributed by atoms with E-state index in [-0.39, 0.29) is 17.5 Å². The lowest BCUT2D eigenvalue weighted by Crippen LogP contribution is -2.63. The van der Waals surface area contributed by atoms with E-state index in [0.29, 0.717) is 6.54 Å². The van der Waals surface area contributed by atoms with Crippen molar-refractivity contribution < 1.29 is 4.79 Å². The normalized spacial score (nSPS) is 24.4. The van der Waals surface area contributed by atoms with Gasteiger partial charge in [-0.25, -0.2) is 0 Å². The Hall–Kier alpha value is -1.38. The summed E-state index contributed by atoms with van der Waals surface area (Å²) < 4.78 is 0. The summed E-state index contributed by atoms with van der Waals surface area (Å²) in [6, 6.07) is 0.198. The quantitative estimate of drug-likeness (QED) is 0.472. The van der Waals surface area contributed by atoms with Gasteiger partial charge in [0.15, 0.2) is 5.96 Å². The largest absolute Gasteiger partial charge is 0.354 e. The third-order valence-corrected chi connectivity index (χ3v) is 7.22. The molecule has 0 aromatic rings. The number of carbonyl (C=O) groups is 1. The molecule has 1 amide bonds. The lowest BCUT2D eigenvalue weighted by atomic mass is 9.84. The molecule has 0 bridgehead atoms. The van der Waals surface area contributed by atoms with Crippen molar-refractivity contribution in [1.29, 1.82) is 0 Å². The van der Waals surface area contributed by atoms with Crippen molar-refractivity contribution in [2.75, 3.05) is 79.5 Å². The predicted molar refractivity (Wildman–Crippen MR) is 128 cm³/mol. The molecule has 0 atom stereocenters. The zero-order valence-electron chi connectivity index (χ0n) is 20.3. The summed E-state index contributed by atoms with van der Waals surface area (Å²) in [5.41, 5.74) is 0.250. The van der Waals surface area contributed by atoms with Crippen LogP contribution >= 0.6 is 0 Å². The van der Waals surface area contributed by atoms with Crippen molar-refractivity contribution in [3.8, 4) is 0 Å². The van der Waals surface area contributed by atoms with Crippen molar-refractivity contribution in [2.45, 2.75) is 57.5 Å². The van der Waals surface area contributed by atoms with E-state index in [1.807, 2.05) is 20.9 Å². The van der Waals surface area contributed by atoms with Gasteiger partial charge in [-0.3, -0.25) is 19.6 Å². The summed E-state index contributed by atoms with van der Waals surface area (Å²) >= 11 is 0. The lowest BCUT2D eigenvalue weighted by Gasteiger charge is -2.50. The number of aliphatic imine (C=N–C) groups is 1. The number of rotatable bonds is 6. The average molecular weight is 436 g/mol. The van der Waals surface area contributed by atoms with E-state index in [4.69, 9.17) is 0 Å². The summed E-state index contributed by atoms with van der Waals surface area (Å²) in [5, 5.41) is 6.75. The molecule has 178 valence electrons. The first-order valence-electron chi connectivity index (χ1n) is 12.3. The van der Waals surface area contributed by atoms with Crippen LogP contribution in [0.2, 0.25) is 0 Å². The highest BCUT2D eigenvalue weighted by Crippen LogP contribution is 2.31. The van der Waals surface area contributed by atoms with E-state index in [9.17, 15) is 4.79 Å². The van der Waals surface area contributed by atoms with Gasteiger partial charge in [0.1, 0.15) is 0 Å². The maximum absolute atomic E-state index is 12.1. The van der Waals surface area contributed by atoms with Crippen molar-refractivity contribution in [3.05, 3.63) is 0 Å². The third kappa shape index (κ3) is 6.80. The van der Waals surface area contributed by atoms with Crippen LogP contribution in [0, 0.1) is 0 Å². The molecule has 31 heavy (non-hydrogen) atoms. The number of guanidine groups is 1. The molecular formula is C23H45N7O. The van der Waals surface area contributed by atoms with Crippen LogP contribution in [0.3, 0.4) is 0 Å². The topological polar surface area (TPSA) is 66.5 Å². The molecule has 0 aromatic heterocycles. The predicted octanol–water partition coefficient (Wildman–Crippen LogP) is 0.654. The molecular weight excluding hydrogens is 390 g/mol. The number of hydrogen-bond donors (Lipinski definition) is 2. The van der Waals surface area contributed by atoms with Gasteiger partial charge in [-0.1, -0.05) is 6.42 Å². The maximum atomic E-state index is 12.1. The van der Waals surface area contributed by atoms with Gasteiger partial charge < -0.3 is 20.4 Å². The lowest BCUT2D eigenvalue weighted by molar-refractivity contribution is -0.123. The Kier molecular flexibility index (Phi) is 8.98. The molecule has 0 spiro atoms. The molecule has 3 heterocycles. The number of nitrogens with zero attached hydrogens (tertiary/aromatic N) is 5. The van der Waals surface area contributed by atoms with Gasteiger partial charge in [0.05, 0.1) is 6.54 Å². The van der Waals surface area contributed by atoms with Crippen LogP contribution in [0.1, 0.15) is 46.0 Å². The van der Waals surface area contributed by atoms with Gasteiger partial charge in [-0.15, -0.1) is 0 Å². The highest BCUT2D eigenvalue weighted by Gasteiger charge is 2.40. The van der Waals surface area contributed by atoms with Gasteiger partial charge in [0.2, 0.25) is 5.91 Å². The van der Waals surface area contributed by atoms with Crippen molar-refractivity contribution in [3.63, 3.8) is 0 Å². The minimum atomic E-state index is 0.122. The van der Waals surface area contributed by atoms with E-state index in [1.165, 1.54) is 58.3 Å². The number of likely N-dealkylation sites (tertiary alicyclic amines) is 2. The maximum Gasteiger partial charge on any atom is 0.234 e. The number of amides is 1. The Bertz CT molecular complexity index is 587. The van der Waals surface area contributed by atoms with Crippen molar-refractivity contribution in [1.82, 2.24) is 30.2 Å². The Morgan fingerprint density at radius 1 is 0.968 bits per heavy atom. The van der Waals surface area contributed by atoms with Crippen LogP contribution in [0.15, 0.2) is 4.99 Å². The first-order valence-corrected chi connectivity index (χ1v) is 12.3. The number of piperidine rings is 2. The van der Waals surface area contributed by atoms with Gasteiger partial charge in [0.25, 0.3) is 0 Å². The van der Waals surface area contributed by atoms with Gasteiger partial charge in [-0.05, 0) is 72.8 Å². The fourth-order valence-electron chi connectivity index (χ4n) is 5.27. The molecule has 0 radical (unpaired) electrons. The van der Waals surface area contributed by atoms with Crippen molar-refractivity contribution >= 4 is 11.9 Å². The van der Waals surface area contributed by atoms with Gasteiger partial charge >= 0.3 is 0 Å². The Morgan fingerprint density at radius 2 is 1.61 bits per heavy atom. The van der Waals surface area contributed by atoms with E-state index >= 15 is 0 Å². The van der Waals surface area contributed by atoms with E-state index in [2.05, 4.69) is 42.3 Å². The van der Waals surface area contributed by atoms with Crippen LogP contribution in [0.4, 0.5) is 0 Å². The fraction of sp³-hybridized carbons (Fsp3) is 0.913. The monoisotopic (exact) mass is 435 g/mol. The molecule has 8 nitrogen and oxygen atoms in total. The summed E-state index contributed by atoms with van der Waals surface area (Å²) in [7, 11) is 4.14. The summed E-state index contributed by atoms with van der Waals surface area (Å²) in [4.78, 5) is 26.5. The van der Waals surface area contributed by atoms with Crippen molar-refractivity contribution in [2.24, 2.45) is 4.99 Å². The molecule has 3 aliphatic heterocycles. The number of carbonyl (C=O) groups excluding carboxylic acids is 1. The third-order valence-electron chi connectivity index (χ3n) is 7.22. The summed E-state index contributed by atoms with van der Waals surface area (Å²) in [5.74, 6) is 1.14. The second-order valence-electron chi connectivity index (χ2n) is 9.96. The van der Waals surface area contributed by atoms with Crippen LogP contribution in [0.25, 0.3) is 0 Å². The molecule has 8 heteroatoms. The second kappa shape index (κ2) is 11.5. The van der Waals surface area contributed by atoms with E-state index < -0.39 is 0 Å². The van der Waals surface area contributed by atoms with Crippen LogP contribution in [-0.2, 0) is 4.79 Å². The van der Waals surface area contributed by atoms with Gasteiger partial charge in [-0.2, -0.15) is 0 Å². The molecule has 3 fully saturated rings. The summed E-state index contributed by atoms with van der Waals surface area (Å²) in [6.45, 7) is 13.9. The zero-order chi connectivity index (χ0) is 22.3. The molecule has 0 saturated carbocycles. The number of piperazine rings is 1. The molecule has 2 N–H and O–H groups in total. The van der Waals surface area contributed by atoms with Gasteiger partial charge in [0, 0.05) is 51.4 Å². The molecule has 3 aliphatic rings. The molecule has 3 saturated heterocycles. The highest BCUT2D eigenvalue weighted by atomic mass is 16.2. The Balaban J connectivity index is 1.52. The molecule has 0 unspecified atom stereocenters. The highest BCUT2D eigenvalue weighted by molar-refractivity contribution is 5.80. The van der Waals surface area contributed by atoms with Crippen LogP contribution in [-0.4, -0.2) is 123 Å². The minimum Gasteiger partial charge on any atom is -0.354 e. The fourth-order valence-corrected chi connectivity index (χ4v) is 5.27.